The minimum Gasteiger partial charge on any atom is -0.495 e. The van der Waals surface area contributed by atoms with Crippen LogP contribution in [0.25, 0.3) is 0 Å². The first kappa shape index (κ1) is 23.7. The molecule has 0 radical (unpaired) electrons. The molecule has 1 aliphatic heterocycles. The topological polar surface area (TPSA) is 84.9 Å². The lowest BCUT2D eigenvalue weighted by atomic mass is 9.97. The van der Waals surface area contributed by atoms with Crippen LogP contribution in [0.1, 0.15) is 12.8 Å². The van der Waals surface area contributed by atoms with Crippen molar-refractivity contribution in [3.05, 3.63) is 78.6 Å². The standard InChI is InChI=1S/C25H25FN2O5S/c1-32-23-12-11-19(26)17-24(23)34(30,31)28-15-13-18(14-16-28)25(29)27-21-9-5-6-10-22(21)33-20-7-3-2-4-8-20/h2-12,17-18H,13-16H2,1H3,(H,27,29). The Labute approximate surface area is 198 Å². The van der Waals surface area contributed by atoms with Crippen LogP contribution in [0.5, 0.6) is 17.2 Å². The molecule has 0 aromatic heterocycles. The maximum absolute atomic E-state index is 13.7. The van der Waals surface area contributed by atoms with Gasteiger partial charge in [0.2, 0.25) is 15.9 Å². The van der Waals surface area contributed by atoms with Crippen molar-refractivity contribution in [3.63, 3.8) is 0 Å². The Balaban J connectivity index is 1.42. The minimum atomic E-state index is -3.96. The lowest BCUT2D eigenvalue weighted by molar-refractivity contribution is -0.120. The van der Waals surface area contributed by atoms with Crippen LogP contribution in [0.15, 0.2) is 77.7 Å². The summed E-state index contributed by atoms with van der Waals surface area (Å²) >= 11 is 0. The molecule has 4 rings (SSSR count). The van der Waals surface area contributed by atoms with Crippen molar-refractivity contribution in [2.75, 3.05) is 25.5 Å². The number of piperidine rings is 1. The van der Waals surface area contributed by atoms with Gasteiger partial charge in [-0.05, 0) is 55.3 Å². The molecule has 1 heterocycles. The number of carbonyl (C=O) groups excluding carboxylic acids is 1. The molecule has 0 bridgehead atoms. The first-order chi connectivity index (χ1) is 16.4. The summed E-state index contributed by atoms with van der Waals surface area (Å²) in [6, 6.07) is 19.8. The molecule has 0 unspecified atom stereocenters. The van der Waals surface area contributed by atoms with Gasteiger partial charge in [-0.1, -0.05) is 30.3 Å². The van der Waals surface area contributed by atoms with Gasteiger partial charge in [-0.2, -0.15) is 4.31 Å². The van der Waals surface area contributed by atoms with Gasteiger partial charge in [0.25, 0.3) is 0 Å². The van der Waals surface area contributed by atoms with Gasteiger partial charge in [0.05, 0.1) is 12.8 Å². The number of methoxy groups -OCH3 is 1. The number of benzene rings is 3. The number of nitrogens with zero attached hydrogens (tertiary/aromatic N) is 1. The third-order valence-corrected chi connectivity index (χ3v) is 7.60. The Kier molecular flexibility index (Phi) is 7.14. The number of nitrogens with one attached hydrogen (secondary N) is 1. The Hall–Kier alpha value is -3.43. The number of ether oxygens (including phenoxy) is 2. The van der Waals surface area contributed by atoms with Crippen molar-refractivity contribution < 1.29 is 27.1 Å². The van der Waals surface area contributed by atoms with Crippen molar-refractivity contribution in [1.29, 1.82) is 0 Å². The quantitative estimate of drug-likeness (QED) is 0.527. The number of sulfonamides is 1. The van der Waals surface area contributed by atoms with Crippen LogP contribution in [0.4, 0.5) is 10.1 Å². The monoisotopic (exact) mass is 484 g/mol. The first-order valence-corrected chi connectivity index (χ1v) is 12.3. The summed E-state index contributed by atoms with van der Waals surface area (Å²) in [5.41, 5.74) is 0.538. The Bertz CT molecular complexity index is 1260. The second kappa shape index (κ2) is 10.2. The highest BCUT2D eigenvalue weighted by atomic mass is 32.2. The third kappa shape index (κ3) is 5.21. The average Bonchev–Trinajstić information content (AvgIpc) is 2.86. The maximum Gasteiger partial charge on any atom is 0.246 e. The van der Waals surface area contributed by atoms with E-state index >= 15 is 0 Å². The van der Waals surface area contributed by atoms with E-state index in [2.05, 4.69) is 5.32 Å². The fourth-order valence-electron chi connectivity index (χ4n) is 3.86. The summed E-state index contributed by atoms with van der Waals surface area (Å²) in [6.07, 6.45) is 0.675. The fraction of sp³-hybridized carbons (Fsp3) is 0.240. The summed E-state index contributed by atoms with van der Waals surface area (Å²) in [4.78, 5) is 12.7. The highest BCUT2D eigenvalue weighted by Crippen LogP contribution is 2.32. The number of para-hydroxylation sites is 3. The molecule has 3 aromatic carbocycles. The van der Waals surface area contributed by atoms with Crippen LogP contribution >= 0.6 is 0 Å². The second-order valence-electron chi connectivity index (χ2n) is 7.87. The van der Waals surface area contributed by atoms with Gasteiger partial charge < -0.3 is 14.8 Å². The molecule has 0 atom stereocenters. The van der Waals surface area contributed by atoms with Gasteiger partial charge in [-0.25, -0.2) is 12.8 Å². The van der Waals surface area contributed by atoms with E-state index in [1.165, 1.54) is 17.5 Å². The van der Waals surface area contributed by atoms with Crippen molar-refractivity contribution in [1.82, 2.24) is 4.31 Å². The SMILES string of the molecule is COc1ccc(F)cc1S(=O)(=O)N1CCC(C(=O)Nc2ccccc2Oc2ccccc2)CC1. The van der Waals surface area contributed by atoms with E-state index in [-0.39, 0.29) is 35.6 Å². The zero-order valence-electron chi connectivity index (χ0n) is 18.6. The molecule has 1 saturated heterocycles. The van der Waals surface area contributed by atoms with Gasteiger partial charge in [-0.3, -0.25) is 4.79 Å². The van der Waals surface area contributed by atoms with Crippen LogP contribution in [-0.2, 0) is 14.8 Å². The smallest absolute Gasteiger partial charge is 0.246 e. The summed E-state index contributed by atoms with van der Waals surface area (Å²) in [7, 11) is -2.62. The van der Waals surface area contributed by atoms with Crippen molar-refractivity contribution >= 4 is 21.6 Å². The van der Waals surface area contributed by atoms with Crippen LogP contribution in [0, 0.1) is 11.7 Å². The maximum atomic E-state index is 13.7. The van der Waals surface area contributed by atoms with E-state index in [0.29, 0.717) is 30.0 Å². The second-order valence-corrected chi connectivity index (χ2v) is 9.78. The Morgan fingerprint density at radius 1 is 0.971 bits per heavy atom. The molecule has 0 spiro atoms. The van der Waals surface area contributed by atoms with Crippen molar-refractivity contribution in [3.8, 4) is 17.2 Å². The largest absolute Gasteiger partial charge is 0.495 e. The third-order valence-electron chi connectivity index (χ3n) is 5.68. The van der Waals surface area contributed by atoms with Crippen LogP contribution in [-0.4, -0.2) is 38.8 Å². The number of carbonyl (C=O) groups is 1. The summed E-state index contributed by atoms with van der Waals surface area (Å²) in [6.45, 7) is 0.282. The summed E-state index contributed by atoms with van der Waals surface area (Å²) in [5, 5.41) is 2.91. The normalized spacial score (nSPS) is 15.0. The Morgan fingerprint density at radius 3 is 2.35 bits per heavy atom. The lowest BCUT2D eigenvalue weighted by Gasteiger charge is -2.31. The minimum absolute atomic E-state index is 0.0799. The number of rotatable bonds is 7. The molecule has 0 saturated carbocycles. The van der Waals surface area contributed by atoms with E-state index in [4.69, 9.17) is 9.47 Å². The van der Waals surface area contributed by atoms with Gasteiger partial charge in [0.15, 0.2) is 5.75 Å². The molecular formula is C25H25FN2O5S. The van der Waals surface area contributed by atoms with Crippen LogP contribution in [0.2, 0.25) is 0 Å². The molecular weight excluding hydrogens is 459 g/mol. The first-order valence-electron chi connectivity index (χ1n) is 10.8. The molecule has 1 fully saturated rings. The molecule has 1 aliphatic rings. The van der Waals surface area contributed by atoms with Crippen molar-refractivity contribution in [2.24, 2.45) is 5.92 Å². The van der Waals surface area contributed by atoms with E-state index in [1.54, 1.807) is 18.2 Å². The highest BCUT2D eigenvalue weighted by molar-refractivity contribution is 7.89. The van der Waals surface area contributed by atoms with Gasteiger partial charge in [0, 0.05) is 19.0 Å². The predicted molar refractivity (Wildman–Crippen MR) is 126 cm³/mol. The number of hydrogen-bond donors (Lipinski definition) is 1. The lowest BCUT2D eigenvalue weighted by Crippen LogP contribution is -2.41. The van der Waals surface area contributed by atoms with E-state index in [1.807, 2.05) is 36.4 Å². The predicted octanol–water partition coefficient (Wildman–Crippen LogP) is 4.67. The van der Waals surface area contributed by atoms with Crippen molar-refractivity contribution in [2.45, 2.75) is 17.7 Å². The van der Waals surface area contributed by atoms with Gasteiger partial charge in [0.1, 0.15) is 22.2 Å². The molecule has 1 N–H and O–H groups in total. The molecule has 0 aliphatic carbocycles. The Morgan fingerprint density at radius 2 is 1.65 bits per heavy atom. The molecule has 3 aromatic rings. The van der Waals surface area contributed by atoms with E-state index in [9.17, 15) is 17.6 Å². The van der Waals surface area contributed by atoms with Crippen LogP contribution in [0.3, 0.4) is 0 Å². The number of amides is 1. The molecule has 7 nitrogen and oxygen atoms in total. The number of anilines is 1. The van der Waals surface area contributed by atoms with E-state index < -0.39 is 15.8 Å². The number of halogens is 1. The van der Waals surface area contributed by atoms with Gasteiger partial charge >= 0.3 is 0 Å². The van der Waals surface area contributed by atoms with Crippen LogP contribution < -0.4 is 14.8 Å². The molecule has 1 amide bonds. The summed E-state index contributed by atoms with van der Waals surface area (Å²) < 4.78 is 52.1. The number of hydrogen-bond acceptors (Lipinski definition) is 5. The zero-order chi connectivity index (χ0) is 24.1. The molecule has 34 heavy (non-hydrogen) atoms. The fourth-order valence-corrected chi connectivity index (χ4v) is 5.50. The zero-order valence-corrected chi connectivity index (χ0v) is 19.4. The average molecular weight is 485 g/mol. The summed E-state index contributed by atoms with van der Waals surface area (Å²) in [5.74, 6) is 0.00667. The van der Waals surface area contributed by atoms with E-state index in [0.717, 1.165) is 12.1 Å². The highest BCUT2D eigenvalue weighted by Gasteiger charge is 2.34. The molecule has 178 valence electrons. The van der Waals surface area contributed by atoms with Gasteiger partial charge in [-0.15, -0.1) is 0 Å². The molecule has 9 heteroatoms.